The minimum Gasteiger partial charge on any atom is -0.497 e. The Morgan fingerprint density at radius 3 is 1.74 bits per heavy atom. The van der Waals surface area contributed by atoms with E-state index in [0.717, 1.165) is 38.4 Å². The van der Waals surface area contributed by atoms with Gasteiger partial charge in [0, 0.05) is 11.1 Å². The molecular weight excluding hydrogens is 384 g/mol. The Balaban J connectivity index is 0.000000628. The fourth-order valence-electron chi connectivity index (χ4n) is 3.03. The Hall–Kier alpha value is -3.77. The van der Waals surface area contributed by atoms with Gasteiger partial charge in [0.2, 0.25) is 0 Å². The second kappa shape index (κ2) is 10.3. The molecule has 0 heterocycles. The number of fused-ring (bicyclic) bond motifs is 2. The third-order valence-electron chi connectivity index (χ3n) is 4.99. The van der Waals surface area contributed by atoms with Crippen LogP contribution in [0.1, 0.15) is 48.2 Å². The summed E-state index contributed by atoms with van der Waals surface area (Å²) < 4.78 is 5.25. The van der Waals surface area contributed by atoms with Gasteiger partial charge in [0.15, 0.2) is 0 Å². The zero-order valence-corrected chi connectivity index (χ0v) is 18.1. The number of hydrogen-bond donors (Lipinski definition) is 1. The lowest BCUT2D eigenvalue weighted by atomic mass is 10.0. The van der Waals surface area contributed by atoms with E-state index in [-0.39, 0.29) is 5.56 Å². The molecule has 0 unspecified atom stereocenters. The van der Waals surface area contributed by atoms with Crippen molar-refractivity contribution >= 4 is 27.5 Å². The molecule has 31 heavy (non-hydrogen) atoms. The van der Waals surface area contributed by atoms with Crippen LogP contribution >= 0.6 is 0 Å². The molecule has 0 radical (unpaired) electrons. The highest BCUT2D eigenvalue weighted by Gasteiger charge is 2.03. The summed E-state index contributed by atoms with van der Waals surface area (Å²) in [6.07, 6.45) is 2.64. The van der Waals surface area contributed by atoms with E-state index in [0.29, 0.717) is 0 Å². The molecule has 0 aliphatic carbocycles. The average Bonchev–Trinajstić information content (AvgIpc) is 2.81. The van der Waals surface area contributed by atoms with E-state index in [1.165, 1.54) is 12.8 Å². The largest absolute Gasteiger partial charge is 0.497 e. The van der Waals surface area contributed by atoms with Gasteiger partial charge in [0.05, 0.1) is 12.7 Å². The average molecular weight is 411 g/mol. The molecule has 1 N–H and O–H groups in total. The van der Waals surface area contributed by atoms with Crippen LogP contribution in [-0.4, -0.2) is 18.2 Å². The molecule has 3 heteroatoms. The van der Waals surface area contributed by atoms with Gasteiger partial charge in [-0.05, 0) is 70.1 Å². The highest BCUT2D eigenvalue weighted by atomic mass is 16.5. The van der Waals surface area contributed by atoms with Crippen LogP contribution in [0.3, 0.4) is 0 Å². The molecule has 0 atom stereocenters. The van der Waals surface area contributed by atoms with E-state index >= 15 is 0 Å². The summed E-state index contributed by atoms with van der Waals surface area (Å²) >= 11 is 0. The van der Waals surface area contributed by atoms with E-state index < -0.39 is 5.97 Å². The molecule has 4 rings (SSSR count). The molecule has 0 aliphatic rings. The minimum atomic E-state index is -0.922. The number of benzene rings is 4. The molecule has 0 amide bonds. The van der Waals surface area contributed by atoms with Crippen molar-refractivity contribution in [2.75, 3.05) is 7.11 Å². The summed E-state index contributed by atoms with van der Waals surface area (Å²) in [6, 6.07) is 22.9. The number of methoxy groups -OCH3 is 1. The Morgan fingerprint density at radius 2 is 1.23 bits per heavy atom. The van der Waals surface area contributed by atoms with E-state index in [4.69, 9.17) is 9.84 Å². The molecule has 0 saturated carbocycles. The van der Waals surface area contributed by atoms with Crippen LogP contribution < -0.4 is 4.74 Å². The quantitative estimate of drug-likeness (QED) is 0.373. The van der Waals surface area contributed by atoms with Gasteiger partial charge in [-0.15, -0.1) is 0 Å². The van der Waals surface area contributed by atoms with Crippen LogP contribution in [0.15, 0.2) is 72.8 Å². The molecule has 0 bridgehead atoms. The normalized spacial score (nSPS) is 10.0. The van der Waals surface area contributed by atoms with Crippen LogP contribution in [0.5, 0.6) is 5.75 Å². The summed E-state index contributed by atoms with van der Waals surface area (Å²) in [4.78, 5) is 11.1. The predicted molar refractivity (Wildman–Crippen MR) is 128 cm³/mol. The van der Waals surface area contributed by atoms with Crippen molar-refractivity contribution in [2.45, 2.75) is 26.7 Å². The van der Waals surface area contributed by atoms with Crippen molar-refractivity contribution in [2.24, 2.45) is 0 Å². The van der Waals surface area contributed by atoms with Crippen LogP contribution in [0.4, 0.5) is 0 Å². The second-order valence-corrected chi connectivity index (χ2v) is 7.26. The van der Waals surface area contributed by atoms with Crippen molar-refractivity contribution < 1.29 is 14.6 Å². The topological polar surface area (TPSA) is 46.5 Å². The molecule has 0 fully saturated rings. The molecule has 0 saturated heterocycles. The minimum absolute atomic E-state index is 0.286. The van der Waals surface area contributed by atoms with Gasteiger partial charge >= 0.3 is 5.97 Å². The van der Waals surface area contributed by atoms with E-state index in [9.17, 15) is 4.79 Å². The number of carboxylic acids is 1. The lowest BCUT2D eigenvalue weighted by Gasteiger charge is -2.03. The Bertz CT molecular complexity index is 1270. The molecule has 4 aromatic rings. The lowest BCUT2D eigenvalue weighted by Crippen LogP contribution is -1.95. The van der Waals surface area contributed by atoms with Crippen molar-refractivity contribution in [1.29, 1.82) is 0 Å². The Kier molecular flexibility index (Phi) is 7.30. The zero-order chi connectivity index (χ0) is 22.2. The standard InChI is InChI=1S/C24H16O3.C4H10/c1-27-23-11-10-19-13-17(5-7-21(19)15-23)3-2-16-4-6-20-14-22(24(25)26)9-8-18(20)12-16;1-3-4-2/h4-15H,1H3,(H,25,26);3-4H2,1-2H3. The lowest BCUT2D eigenvalue weighted by molar-refractivity contribution is 0.0697. The number of carbonyl (C=O) groups is 1. The second-order valence-electron chi connectivity index (χ2n) is 7.26. The summed E-state index contributed by atoms with van der Waals surface area (Å²) in [5.41, 5.74) is 2.11. The third-order valence-corrected chi connectivity index (χ3v) is 4.99. The van der Waals surface area contributed by atoms with Gasteiger partial charge in [0.25, 0.3) is 0 Å². The van der Waals surface area contributed by atoms with Crippen molar-refractivity contribution in [3.8, 4) is 17.6 Å². The Labute approximate surface area is 183 Å². The molecule has 0 aromatic heterocycles. The van der Waals surface area contributed by atoms with Crippen molar-refractivity contribution in [1.82, 2.24) is 0 Å². The van der Waals surface area contributed by atoms with Gasteiger partial charge < -0.3 is 9.84 Å². The highest BCUT2D eigenvalue weighted by molar-refractivity contribution is 5.94. The van der Waals surface area contributed by atoms with Crippen LogP contribution in [-0.2, 0) is 0 Å². The van der Waals surface area contributed by atoms with Gasteiger partial charge in [-0.1, -0.05) is 62.8 Å². The van der Waals surface area contributed by atoms with E-state index in [1.807, 2.05) is 54.6 Å². The first-order chi connectivity index (χ1) is 15.0. The molecule has 0 aliphatic heterocycles. The zero-order valence-electron chi connectivity index (χ0n) is 18.1. The first kappa shape index (κ1) is 21.9. The van der Waals surface area contributed by atoms with Gasteiger partial charge in [0.1, 0.15) is 5.75 Å². The molecule has 3 nitrogen and oxygen atoms in total. The van der Waals surface area contributed by atoms with E-state index in [2.05, 4.69) is 31.8 Å². The van der Waals surface area contributed by atoms with E-state index in [1.54, 1.807) is 19.2 Å². The maximum atomic E-state index is 11.1. The smallest absolute Gasteiger partial charge is 0.335 e. The number of unbranched alkanes of at least 4 members (excludes halogenated alkanes) is 1. The SMILES string of the molecule is CCCC.COc1ccc2cc(C#Cc3ccc4cc(C(=O)O)ccc4c3)ccc2c1. The summed E-state index contributed by atoms with van der Waals surface area (Å²) in [6.45, 7) is 4.36. The first-order valence-electron chi connectivity index (χ1n) is 10.4. The third kappa shape index (κ3) is 5.65. The predicted octanol–water partition coefficient (Wildman–Crippen LogP) is 6.91. The summed E-state index contributed by atoms with van der Waals surface area (Å²) in [5.74, 6) is 6.30. The summed E-state index contributed by atoms with van der Waals surface area (Å²) in [7, 11) is 1.66. The molecular formula is C28H26O3. The Morgan fingerprint density at radius 1 is 0.742 bits per heavy atom. The number of hydrogen-bond acceptors (Lipinski definition) is 2. The number of ether oxygens (including phenoxy) is 1. The first-order valence-corrected chi connectivity index (χ1v) is 10.4. The van der Waals surface area contributed by atoms with Crippen molar-refractivity contribution in [3.63, 3.8) is 0 Å². The van der Waals surface area contributed by atoms with Gasteiger partial charge in [-0.25, -0.2) is 4.79 Å². The number of carboxylic acid groups (broad SMARTS) is 1. The number of rotatable bonds is 3. The highest BCUT2D eigenvalue weighted by Crippen LogP contribution is 2.22. The van der Waals surface area contributed by atoms with Crippen LogP contribution in [0.25, 0.3) is 21.5 Å². The molecule has 4 aromatic carbocycles. The molecule has 0 spiro atoms. The van der Waals surface area contributed by atoms with Crippen molar-refractivity contribution in [3.05, 3.63) is 89.5 Å². The van der Waals surface area contributed by atoms with Crippen LogP contribution in [0, 0.1) is 11.8 Å². The maximum absolute atomic E-state index is 11.1. The monoisotopic (exact) mass is 410 g/mol. The van der Waals surface area contributed by atoms with Gasteiger partial charge in [-0.2, -0.15) is 0 Å². The number of aromatic carboxylic acids is 1. The fraction of sp³-hybridized carbons (Fsp3) is 0.179. The maximum Gasteiger partial charge on any atom is 0.335 e. The van der Waals surface area contributed by atoms with Gasteiger partial charge in [-0.3, -0.25) is 0 Å². The van der Waals surface area contributed by atoms with Crippen LogP contribution in [0.2, 0.25) is 0 Å². The summed E-state index contributed by atoms with van der Waals surface area (Å²) in [5, 5.41) is 13.2. The fourth-order valence-corrected chi connectivity index (χ4v) is 3.03. The molecule has 156 valence electrons.